The van der Waals surface area contributed by atoms with E-state index in [0.717, 1.165) is 5.00 Å². The van der Waals surface area contributed by atoms with E-state index in [-0.39, 0.29) is 0 Å². The molecule has 0 radical (unpaired) electrons. The molecule has 4 aromatic heterocycles. The van der Waals surface area contributed by atoms with Crippen molar-refractivity contribution in [2.75, 3.05) is 5.73 Å². The standard InChI is InChI=1S/C14H7NS4/c15-12-5-11-14(19-12)7-4-9-6(3-10(7)18-11)13-8(17-9)1-2-16-13/h1-5H,15H2. The van der Waals surface area contributed by atoms with Crippen molar-refractivity contribution in [1.82, 2.24) is 0 Å². The average Bonchev–Trinajstić information content (AvgIpc) is 3.06. The van der Waals surface area contributed by atoms with Crippen LogP contribution in [0.25, 0.3) is 39.0 Å². The Balaban J connectivity index is 2.04. The van der Waals surface area contributed by atoms with Gasteiger partial charge in [-0.05, 0) is 29.6 Å². The summed E-state index contributed by atoms with van der Waals surface area (Å²) in [5.74, 6) is 0. The number of anilines is 1. The van der Waals surface area contributed by atoms with E-state index in [4.69, 9.17) is 5.73 Å². The Hall–Kier alpha value is -1.14. The Morgan fingerprint density at radius 1 is 0.737 bits per heavy atom. The quantitative estimate of drug-likeness (QED) is 0.365. The van der Waals surface area contributed by atoms with E-state index in [1.807, 2.05) is 34.0 Å². The maximum Gasteiger partial charge on any atom is 0.0877 e. The lowest BCUT2D eigenvalue weighted by Crippen LogP contribution is -1.72. The molecule has 1 nitrogen and oxygen atoms in total. The highest BCUT2D eigenvalue weighted by Gasteiger charge is 2.12. The molecule has 1 aromatic carbocycles. The molecule has 5 aromatic rings. The summed E-state index contributed by atoms with van der Waals surface area (Å²) in [5.41, 5.74) is 5.91. The fraction of sp³-hybridized carbons (Fsp3) is 0. The number of benzene rings is 1. The van der Waals surface area contributed by atoms with Crippen LogP contribution >= 0.6 is 45.3 Å². The van der Waals surface area contributed by atoms with Gasteiger partial charge in [0.25, 0.3) is 0 Å². The van der Waals surface area contributed by atoms with E-state index in [1.54, 1.807) is 11.3 Å². The summed E-state index contributed by atoms with van der Waals surface area (Å²) < 4.78 is 8.26. The zero-order chi connectivity index (χ0) is 12.6. The largest absolute Gasteiger partial charge is 0.391 e. The smallest absolute Gasteiger partial charge is 0.0877 e. The fourth-order valence-corrected chi connectivity index (χ4v) is 7.13. The first-order valence-corrected chi connectivity index (χ1v) is 9.14. The lowest BCUT2D eigenvalue weighted by molar-refractivity contribution is 2.02. The lowest BCUT2D eigenvalue weighted by Gasteiger charge is -1.92. The van der Waals surface area contributed by atoms with E-state index in [9.17, 15) is 0 Å². The van der Waals surface area contributed by atoms with Crippen LogP contribution in [0.3, 0.4) is 0 Å². The molecule has 5 heteroatoms. The number of fused-ring (bicyclic) bond motifs is 6. The third-order valence-corrected chi connectivity index (χ3v) is 7.78. The highest BCUT2D eigenvalue weighted by molar-refractivity contribution is 7.35. The molecule has 4 heterocycles. The Bertz CT molecular complexity index is 1070. The summed E-state index contributed by atoms with van der Waals surface area (Å²) in [6.45, 7) is 0. The van der Waals surface area contributed by atoms with Gasteiger partial charge in [-0.3, -0.25) is 0 Å². The van der Waals surface area contributed by atoms with Gasteiger partial charge in [0.2, 0.25) is 0 Å². The molecule has 0 bridgehead atoms. The van der Waals surface area contributed by atoms with Crippen molar-refractivity contribution in [2.45, 2.75) is 0 Å². The van der Waals surface area contributed by atoms with Gasteiger partial charge in [-0.1, -0.05) is 0 Å². The van der Waals surface area contributed by atoms with Crippen LogP contribution in [-0.4, -0.2) is 0 Å². The summed E-state index contributed by atoms with van der Waals surface area (Å²) in [4.78, 5) is 0. The summed E-state index contributed by atoms with van der Waals surface area (Å²) in [5, 5.41) is 5.86. The molecule has 0 fully saturated rings. The minimum atomic E-state index is 0.912. The number of hydrogen-bond acceptors (Lipinski definition) is 5. The molecule has 5 rings (SSSR count). The van der Waals surface area contributed by atoms with Gasteiger partial charge in [-0.15, -0.1) is 45.3 Å². The van der Waals surface area contributed by atoms with E-state index >= 15 is 0 Å². The number of hydrogen-bond donors (Lipinski definition) is 1. The Morgan fingerprint density at radius 2 is 1.47 bits per heavy atom. The van der Waals surface area contributed by atoms with Crippen LogP contribution in [0.2, 0.25) is 0 Å². The van der Waals surface area contributed by atoms with Gasteiger partial charge < -0.3 is 5.73 Å². The van der Waals surface area contributed by atoms with Crippen molar-refractivity contribution < 1.29 is 0 Å². The highest BCUT2D eigenvalue weighted by Crippen LogP contribution is 2.45. The van der Waals surface area contributed by atoms with Crippen molar-refractivity contribution in [2.24, 2.45) is 0 Å². The second kappa shape index (κ2) is 3.49. The molecule has 2 N–H and O–H groups in total. The Morgan fingerprint density at radius 3 is 2.32 bits per heavy atom. The molecular weight excluding hydrogens is 310 g/mol. The predicted octanol–water partition coefficient (Wildman–Crippen LogP) is 6.13. The van der Waals surface area contributed by atoms with Gasteiger partial charge in [-0.25, -0.2) is 0 Å². The van der Waals surface area contributed by atoms with Crippen molar-refractivity contribution in [3.05, 3.63) is 29.6 Å². The molecule has 0 aliphatic heterocycles. The zero-order valence-electron chi connectivity index (χ0n) is 9.60. The van der Waals surface area contributed by atoms with Crippen LogP contribution in [0.15, 0.2) is 29.6 Å². The zero-order valence-corrected chi connectivity index (χ0v) is 12.9. The van der Waals surface area contributed by atoms with Crippen LogP contribution in [-0.2, 0) is 0 Å². The summed E-state index contributed by atoms with van der Waals surface area (Å²) in [6.07, 6.45) is 0. The SMILES string of the molecule is Nc1cc2sc3cc4c(cc3c2s1)sc1ccsc14. The molecule has 0 saturated carbocycles. The molecule has 0 aliphatic carbocycles. The molecule has 0 aliphatic rings. The second-order valence-corrected chi connectivity index (χ2v) is 8.67. The maximum absolute atomic E-state index is 5.91. The lowest BCUT2D eigenvalue weighted by atomic mass is 10.2. The van der Waals surface area contributed by atoms with Gasteiger partial charge in [0.1, 0.15) is 0 Å². The molecule has 19 heavy (non-hydrogen) atoms. The summed E-state index contributed by atoms with van der Waals surface area (Å²) >= 11 is 7.28. The molecule has 0 atom stereocenters. The maximum atomic E-state index is 5.91. The topological polar surface area (TPSA) is 26.0 Å². The highest BCUT2D eigenvalue weighted by atomic mass is 32.1. The average molecular weight is 317 g/mol. The van der Waals surface area contributed by atoms with Crippen LogP contribution in [0.5, 0.6) is 0 Å². The first kappa shape index (κ1) is 10.6. The van der Waals surface area contributed by atoms with E-state index < -0.39 is 0 Å². The number of thiophene rings is 4. The van der Waals surface area contributed by atoms with Gasteiger partial charge in [0, 0.05) is 29.6 Å². The monoisotopic (exact) mass is 317 g/mol. The summed E-state index contributed by atoms with van der Waals surface area (Å²) in [6, 6.07) is 9.02. The van der Waals surface area contributed by atoms with Gasteiger partial charge in [-0.2, -0.15) is 0 Å². The van der Waals surface area contributed by atoms with E-state index in [1.165, 1.54) is 39.0 Å². The minimum Gasteiger partial charge on any atom is -0.391 e. The van der Waals surface area contributed by atoms with Crippen molar-refractivity contribution in [3.8, 4) is 0 Å². The van der Waals surface area contributed by atoms with Crippen LogP contribution in [0.1, 0.15) is 0 Å². The summed E-state index contributed by atoms with van der Waals surface area (Å²) in [7, 11) is 0. The van der Waals surface area contributed by atoms with Crippen molar-refractivity contribution in [1.29, 1.82) is 0 Å². The van der Waals surface area contributed by atoms with Crippen molar-refractivity contribution in [3.63, 3.8) is 0 Å². The Kier molecular flexibility index (Phi) is 1.95. The number of rotatable bonds is 0. The van der Waals surface area contributed by atoms with Gasteiger partial charge in [0.05, 0.1) is 14.4 Å². The number of nitrogen functional groups attached to an aromatic ring is 1. The molecule has 0 amide bonds. The predicted molar refractivity (Wildman–Crippen MR) is 92.4 cm³/mol. The van der Waals surface area contributed by atoms with E-state index in [2.05, 4.69) is 29.6 Å². The van der Waals surface area contributed by atoms with Crippen LogP contribution in [0, 0.1) is 0 Å². The van der Waals surface area contributed by atoms with Crippen LogP contribution in [0.4, 0.5) is 5.00 Å². The fourth-order valence-electron chi connectivity index (χ4n) is 2.55. The van der Waals surface area contributed by atoms with E-state index in [0.29, 0.717) is 0 Å². The third-order valence-electron chi connectivity index (χ3n) is 3.36. The van der Waals surface area contributed by atoms with Gasteiger partial charge >= 0.3 is 0 Å². The second-order valence-electron chi connectivity index (χ2n) is 4.50. The normalized spacial score (nSPS) is 12.4. The first-order chi connectivity index (χ1) is 9.29. The third kappa shape index (κ3) is 1.33. The number of nitrogens with two attached hydrogens (primary N) is 1. The van der Waals surface area contributed by atoms with Gasteiger partial charge in [0.15, 0.2) is 0 Å². The minimum absolute atomic E-state index is 0.912. The van der Waals surface area contributed by atoms with Crippen molar-refractivity contribution >= 4 is 89.3 Å². The molecule has 0 spiro atoms. The molecule has 0 unspecified atom stereocenters. The van der Waals surface area contributed by atoms with Crippen LogP contribution < -0.4 is 5.73 Å². The Labute approximate surface area is 124 Å². The molecule has 0 saturated heterocycles. The first-order valence-electron chi connectivity index (χ1n) is 5.81. The molecular formula is C14H7NS4. The molecule has 92 valence electrons.